The Morgan fingerprint density at radius 2 is 2.07 bits per heavy atom. The molecule has 0 bridgehead atoms. The third-order valence-corrected chi connectivity index (χ3v) is 2.77. The molecule has 0 atom stereocenters. The van der Waals surface area contributed by atoms with E-state index < -0.39 is 5.54 Å². The van der Waals surface area contributed by atoms with E-state index in [4.69, 9.17) is 15.2 Å². The molecule has 0 aromatic heterocycles. The summed E-state index contributed by atoms with van der Waals surface area (Å²) in [6.45, 7) is 3.72. The summed E-state index contributed by atoms with van der Waals surface area (Å²) in [5.41, 5.74) is 5.16. The SMILES string of the molecule is CCCCCOC(=O)C1(N)CCOCC1. The van der Waals surface area contributed by atoms with Gasteiger partial charge in [0.15, 0.2) is 0 Å². The van der Waals surface area contributed by atoms with Crippen LogP contribution in [-0.2, 0) is 14.3 Å². The van der Waals surface area contributed by atoms with Crippen LogP contribution in [0.2, 0.25) is 0 Å². The van der Waals surface area contributed by atoms with E-state index in [-0.39, 0.29) is 5.97 Å². The van der Waals surface area contributed by atoms with Gasteiger partial charge in [0.25, 0.3) is 0 Å². The van der Waals surface area contributed by atoms with Crippen molar-refractivity contribution in [3.63, 3.8) is 0 Å². The highest BCUT2D eigenvalue weighted by molar-refractivity contribution is 5.80. The lowest BCUT2D eigenvalue weighted by atomic mass is 9.92. The van der Waals surface area contributed by atoms with Crippen LogP contribution in [0.25, 0.3) is 0 Å². The van der Waals surface area contributed by atoms with E-state index in [0.29, 0.717) is 32.7 Å². The number of rotatable bonds is 5. The summed E-state index contributed by atoms with van der Waals surface area (Å²) in [6, 6.07) is 0. The van der Waals surface area contributed by atoms with Gasteiger partial charge >= 0.3 is 5.97 Å². The summed E-state index contributed by atoms with van der Waals surface area (Å²) < 4.78 is 10.3. The van der Waals surface area contributed by atoms with Gasteiger partial charge in [-0.25, -0.2) is 0 Å². The van der Waals surface area contributed by atoms with Gasteiger partial charge in [0.1, 0.15) is 5.54 Å². The number of hydrogen-bond donors (Lipinski definition) is 1. The summed E-state index contributed by atoms with van der Waals surface area (Å²) in [6.07, 6.45) is 4.28. The lowest BCUT2D eigenvalue weighted by Crippen LogP contribution is -2.52. The molecule has 1 aliphatic rings. The summed E-state index contributed by atoms with van der Waals surface area (Å²) in [7, 11) is 0. The van der Waals surface area contributed by atoms with Gasteiger partial charge in [0, 0.05) is 13.2 Å². The van der Waals surface area contributed by atoms with Crippen molar-refractivity contribution in [1.29, 1.82) is 0 Å². The number of esters is 1. The predicted molar refractivity (Wildman–Crippen MR) is 57.5 cm³/mol. The molecule has 0 spiro atoms. The lowest BCUT2D eigenvalue weighted by molar-refractivity contribution is -0.154. The normalized spacial score (nSPS) is 19.9. The molecule has 0 aromatic carbocycles. The first kappa shape index (κ1) is 12.5. The highest BCUT2D eigenvalue weighted by atomic mass is 16.5. The van der Waals surface area contributed by atoms with Crippen LogP contribution in [0.15, 0.2) is 0 Å². The first-order valence-corrected chi connectivity index (χ1v) is 5.73. The van der Waals surface area contributed by atoms with Gasteiger partial charge in [0.2, 0.25) is 0 Å². The number of hydrogen-bond acceptors (Lipinski definition) is 4. The Morgan fingerprint density at radius 3 is 2.67 bits per heavy atom. The fraction of sp³-hybridized carbons (Fsp3) is 0.909. The molecule has 1 saturated heterocycles. The first-order valence-electron chi connectivity index (χ1n) is 5.73. The highest BCUT2D eigenvalue weighted by Crippen LogP contribution is 2.19. The van der Waals surface area contributed by atoms with Crippen LogP contribution in [-0.4, -0.2) is 31.3 Å². The molecule has 0 saturated carbocycles. The van der Waals surface area contributed by atoms with E-state index in [1.165, 1.54) is 0 Å². The number of carbonyl (C=O) groups is 1. The molecule has 1 rings (SSSR count). The van der Waals surface area contributed by atoms with Gasteiger partial charge in [-0.3, -0.25) is 4.79 Å². The Balaban J connectivity index is 2.25. The molecule has 1 heterocycles. The second-order valence-electron chi connectivity index (χ2n) is 4.11. The minimum Gasteiger partial charge on any atom is -0.464 e. The van der Waals surface area contributed by atoms with Gasteiger partial charge in [-0.15, -0.1) is 0 Å². The van der Waals surface area contributed by atoms with E-state index >= 15 is 0 Å². The van der Waals surface area contributed by atoms with Crippen molar-refractivity contribution in [2.75, 3.05) is 19.8 Å². The van der Waals surface area contributed by atoms with Crippen molar-refractivity contribution in [2.24, 2.45) is 5.73 Å². The van der Waals surface area contributed by atoms with E-state index in [2.05, 4.69) is 6.92 Å². The van der Waals surface area contributed by atoms with Gasteiger partial charge in [0.05, 0.1) is 6.61 Å². The Kier molecular flexibility index (Phi) is 5.05. The topological polar surface area (TPSA) is 61.5 Å². The van der Waals surface area contributed by atoms with Crippen molar-refractivity contribution >= 4 is 5.97 Å². The molecular weight excluding hydrogens is 194 g/mol. The molecule has 4 heteroatoms. The Morgan fingerprint density at radius 1 is 1.40 bits per heavy atom. The van der Waals surface area contributed by atoms with Crippen molar-refractivity contribution in [2.45, 2.75) is 44.6 Å². The molecule has 0 aromatic rings. The molecule has 4 nitrogen and oxygen atoms in total. The van der Waals surface area contributed by atoms with Gasteiger partial charge < -0.3 is 15.2 Å². The van der Waals surface area contributed by atoms with Crippen LogP contribution < -0.4 is 5.73 Å². The second kappa shape index (κ2) is 6.08. The average Bonchev–Trinajstić information content (AvgIpc) is 2.25. The molecule has 88 valence electrons. The number of carbonyl (C=O) groups excluding carboxylic acids is 1. The van der Waals surface area contributed by atoms with Gasteiger partial charge in [-0.1, -0.05) is 19.8 Å². The summed E-state index contributed by atoms with van der Waals surface area (Å²) in [4.78, 5) is 11.7. The Hall–Kier alpha value is -0.610. The highest BCUT2D eigenvalue weighted by Gasteiger charge is 2.37. The van der Waals surface area contributed by atoms with Gasteiger partial charge in [-0.2, -0.15) is 0 Å². The molecule has 1 aliphatic heterocycles. The molecule has 0 unspecified atom stereocenters. The average molecular weight is 215 g/mol. The summed E-state index contributed by atoms with van der Waals surface area (Å²) in [5.74, 6) is -0.262. The maximum absolute atomic E-state index is 11.7. The quantitative estimate of drug-likeness (QED) is 0.553. The number of nitrogens with two attached hydrogens (primary N) is 1. The van der Waals surface area contributed by atoms with Crippen LogP contribution in [0, 0.1) is 0 Å². The third kappa shape index (κ3) is 3.80. The van der Waals surface area contributed by atoms with Crippen LogP contribution in [0.5, 0.6) is 0 Å². The molecule has 0 aliphatic carbocycles. The second-order valence-corrected chi connectivity index (χ2v) is 4.11. The molecule has 0 radical (unpaired) electrons. The fourth-order valence-corrected chi connectivity index (χ4v) is 1.60. The molecule has 1 fully saturated rings. The van der Waals surface area contributed by atoms with Crippen molar-refractivity contribution in [3.05, 3.63) is 0 Å². The van der Waals surface area contributed by atoms with Crippen LogP contribution in [0.1, 0.15) is 39.0 Å². The maximum Gasteiger partial charge on any atom is 0.326 e. The zero-order chi connectivity index (χ0) is 11.1. The zero-order valence-electron chi connectivity index (χ0n) is 9.46. The predicted octanol–water partition coefficient (Wildman–Crippen LogP) is 1.23. The Labute approximate surface area is 91.1 Å². The van der Waals surface area contributed by atoms with E-state index in [1.807, 2.05) is 0 Å². The third-order valence-electron chi connectivity index (χ3n) is 2.77. The van der Waals surface area contributed by atoms with Crippen LogP contribution in [0.3, 0.4) is 0 Å². The van der Waals surface area contributed by atoms with Crippen LogP contribution >= 0.6 is 0 Å². The van der Waals surface area contributed by atoms with E-state index in [1.54, 1.807) is 0 Å². The van der Waals surface area contributed by atoms with Crippen molar-refractivity contribution in [1.82, 2.24) is 0 Å². The summed E-state index contributed by atoms with van der Waals surface area (Å²) in [5, 5.41) is 0. The molecule has 15 heavy (non-hydrogen) atoms. The van der Waals surface area contributed by atoms with E-state index in [0.717, 1.165) is 19.3 Å². The smallest absolute Gasteiger partial charge is 0.326 e. The Bertz CT molecular complexity index is 200. The lowest BCUT2D eigenvalue weighted by Gasteiger charge is -2.30. The van der Waals surface area contributed by atoms with Gasteiger partial charge in [-0.05, 0) is 19.3 Å². The fourth-order valence-electron chi connectivity index (χ4n) is 1.60. The standard InChI is InChI=1S/C11H21NO3/c1-2-3-4-7-15-10(13)11(12)5-8-14-9-6-11/h2-9,12H2,1H3. The number of unbranched alkanes of at least 4 members (excludes halogenated alkanes) is 2. The zero-order valence-corrected chi connectivity index (χ0v) is 9.46. The molecule has 2 N–H and O–H groups in total. The molecule has 0 amide bonds. The van der Waals surface area contributed by atoms with Crippen LogP contribution in [0.4, 0.5) is 0 Å². The largest absolute Gasteiger partial charge is 0.464 e. The number of ether oxygens (including phenoxy) is 2. The first-order chi connectivity index (χ1) is 7.19. The van der Waals surface area contributed by atoms with Crippen molar-refractivity contribution < 1.29 is 14.3 Å². The van der Waals surface area contributed by atoms with Crippen molar-refractivity contribution in [3.8, 4) is 0 Å². The monoisotopic (exact) mass is 215 g/mol. The molecular formula is C11H21NO3. The van der Waals surface area contributed by atoms with E-state index in [9.17, 15) is 4.79 Å². The summed E-state index contributed by atoms with van der Waals surface area (Å²) >= 11 is 0. The maximum atomic E-state index is 11.7. The minimum absolute atomic E-state index is 0.262. The minimum atomic E-state index is -0.801.